The number of carboxylic acids is 1. The molecule has 0 radical (unpaired) electrons. The van der Waals surface area contributed by atoms with Crippen LogP contribution in [0.2, 0.25) is 0 Å². The van der Waals surface area contributed by atoms with E-state index < -0.39 is 52.1 Å². The number of benzene rings is 2. The summed E-state index contributed by atoms with van der Waals surface area (Å²) in [6.07, 6.45) is -0.283. The number of rotatable bonds is 10. The zero-order valence-electron chi connectivity index (χ0n) is 23.9. The Morgan fingerprint density at radius 3 is 2.27 bits per heavy atom. The quantitative estimate of drug-likeness (QED) is 0.0973. The number of fused-ring (bicyclic) bond motifs is 1. The van der Waals surface area contributed by atoms with Crippen molar-refractivity contribution in [2.45, 2.75) is 30.8 Å². The van der Waals surface area contributed by atoms with Gasteiger partial charge in [-0.05, 0) is 29.8 Å². The number of nitro benzene ring substituents is 1. The molecular weight excluding hydrogens is 607 g/mol. The van der Waals surface area contributed by atoms with E-state index in [2.05, 4.69) is 5.32 Å². The molecule has 2 unspecified atom stereocenters. The average molecular weight is 633 g/mol. The number of thioether (sulfide) groups is 1. The summed E-state index contributed by atoms with van der Waals surface area (Å²) in [5.41, 5.74) is 0.818. The van der Waals surface area contributed by atoms with Crippen molar-refractivity contribution in [1.82, 2.24) is 10.2 Å². The van der Waals surface area contributed by atoms with E-state index in [1.54, 1.807) is 24.3 Å². The monoisotopic (exact) mass is 632 g/mol. The Kier molecular flexibility index (Phi) is 10.0. The number of carbonyl (C=O) groups is 5. The second kappa shape index (κ2) is 13.4. The van der Waals surface area contributed by atoms with Crippen LogP contribution in [0.15, 0.2) is 59.8 Å². The van der Waals surface area contributed by atoms with Gasteiger partial charge < -0.3 is 29.6 Å². The number of non-ortho nitro benzene ring substituents is 1. The largest absolute Gasteiger partial charge is 1.00 e. The predicted octanol–water partition coefficient (Wildman–Crippen LogP) is -2.33. The second-order valence-corrected chi connectivity index (χ2v) is 11.1. The van der Waals surface area contributed by atoms with E-state index in [9.17, 15) is 39.2 Å². The summed E-state index contributed by atoms with van der Waals surface area (Å²) in [5, 5.41) is 24.9. The summed E-state index contributed by atoms with van der Waals surface area (Å²) >= 11 is 1.20. The van der Waals surface area contributed by atoms with Crippen LogP contribution in [0.25, 0.3) is 0 Å². The van der Waals surface area contributed by atoms with E-state index in [0.717, 1.165) is 4.90 Å². The van der Waals surface area contributed by atoms with Crippen LogP contribution in [0.4, 0.5) is 11.4 Å². The molecule has 0 aliphatic carbocycles. The molecule has 3 aliphatic rings. The molecule has 1 N–H and O–H groups in total. The van der Waals surface area contributed by atoms with E-state index in [-0.39, 0.29) is 71.2 Å². The summed E-state index contributed by atoms with van der Waals surface area (Å²) < 4.78 is 10.1. The number of methoxy groups -OCH3 is 1. The smallest absolute Gasteiger partial charge is 0.543 e. The molecule has 2 aromatic rings. The molecule has 0 spiro atoms. The summed E-state index contributed by atoms with van der Waals surface area (Å²) in [6, 6.07) is 10.8. The van der Waals surface area contributed by atoms with Crippen molar-refractivity contribution in [1.29, 1.82) is 0 Å². The van der Waals surface area contributed by atoms with Crippen LogP contribution in [0.3, 0.4) is 0 Å². The number of amides is 3. The van der Waals surface area contributed by atoms with Gasteiger partial charge in [-0.3, -0.25) is 34.2 Å². The molecule has 3 heterocycles. The zero-order chi connectivity index (χ0) is 31.0. The molecule has 2 fully saturated rings. The van der Waals surface area contributed by atoms with E-state index in [1.807, 2.05) is 0 Å². The molecule has 44 heavy (non-hydrogen) atoms. The topological polar surface area (TPSA) is 189 Å². The third kappa shape index (κ3) is 6.18. The molecule has 16 heteroatoms. The van der Waals surface area contributed by atoms with Gasteiger partial charge in [-0.15, -0.1) is 11.8 Å². The van der Waals surface area contributed by atoms with Crippen LogP contribution in [0.5, 0.6) is 5.75 Å². The average Bonchev–Trinajstić information content (AvgIpc) is 2.99. The minimum absolute atomic E-state index is 0. The van der Waals surface area contributed by atoms with E-state index in [1.165, 1.54) is 55.0 Å². The van der Waals surface area contributed by atoms with Gasteiger partial charge in [-0.2, -0.15) is 0 Å². The Labute approximate surface area is 277 Å². The number of carboxylic acid groups (broad SMARTS) is 1. The van der Waals surface area contributed by atoms with Gasteiger partial charge in [0.1, 0.15) is 23.8 Å². The molecule has 3 aliphatic heterocycles. The van der Waals surface area contributed by atoms with E-state index >= 15 is 0 Å². The fraction of sp³-hybridized carbons (Fsp3) is 0.321. The van der Waals surface area contributed by atoms with Gasteiger partial charge in [0.15, 0.2) is 0 Å². The van der Waals surface area contributed by atoms with Crippen molar-refractivity contribution in [3.05, 3.63) is 75.5 Å². The SMILES string of the molecule is COc1ccc(N2C(=O)C(CC(=O)N[C@@H]3C(=O)N4C(C(=O)[O-])=C(COC(C)=O)CS[C@H]34)C2c2ccc([N+](=O)[O-])cc2)cc1.[Na+]. The summed E-state index contributed by atoms with van der Waals surface area (Å²) in [5.74, 6) is -3.94. The van der Waals surface area contributed by atoms with Crippen LogP contribution in [0.1, 0.15) is 24.9 Å². The maximum atomic E-state index is 13.3. The molecule has 0 saturated carbocycles. The van der Waals surface area contributed by atoms with Gasteiger partial charge in [0.05, 0.1) is 35.7 Å². The molecule has 4 atom stereocenters. The van der Waals surface area contributed by atoms with Gasteiger partial charge in [-0.1, -0.05) is 12.1 Å². The van der Waals surface area contributed by atoms with Gasteiger partial charge in [0.25, 0.3) is 11.6 Å². The molecule has 14 nitrogen and oxygen atoms in total. The van der Waals surface area contributed by atoms with Crippen LogP contribution >= 0.6 is 11.8 Å². The fourth-order valence-corrected chi connectivity index (χ4v) is 6.68. The summed E-state index contributed by atoms with van der Waals surface area (Å²) in [6.45, 7) is 0.866. The molecular formula is C28H25N4NaO10S. The molecule has 0 bridgehead atoms. The maximum Gasteiger partial charge on any atom is 1.00 e. The van der Waals surface area contributed by atoms with Crippen molar-refractivity contribution in [3.63, 3.8) is 0 Å². The number of aliphatic carboxylic acids is 1. The minimum Gasteiger partial charge on any atom is -0.543 e. The van der Waals surface area contributed by atoms with Crippen molar-refractivity contribution in [3.8, 4) is 5.75 Å². The van der Waals surface area contributed by atoms with Gasteiger partial charge >= 0.3 is 35.5 Å². The standard InChI is InChI=1S/C28H26N4O10S.Na/c1-14(33)42-12-16-13-43-27-22(26(36)31(27)24(16)28(37)38)29-21(34)11-20-23(15-3-5-18(6-4-15)32(39)40)30(25(20)35)17-7-9-19(41-2)10-8-17;/h3-10,20,22-23,27H,11-13H2,1-2H3,(H,29,34)(H,37,38);/q;+1/p-1/t20?,22-,23?,27-;/m1./s1. The Morgan fingerprint density at radius 1 is 1.05 bits per heavy atom. The number of carbonyl (C=O) groups excluding carboxylic acids is 5. The molecule has 2 aromatic carbocycles. The van der Waals surface area contributed by atoms with Gasteiger partial charge in [0, 0.05) is 42.5 Å². The summed E-state index contributed by atoms with van der Waals surface area (Å²) in [7, 11) is 1.51. The number of esters is 1. The van der Waals surface area contributed by atoms with Crippen molar-refractivity contribution in [2.24, 2.45) is 5.92 Å². The molecule has 3 amide bonds. The van der Waals surface area contributed by atoms with Crippen LogP contribution in [0, 0.1) is 16.0 Å². The normalized spacial score (nSPS) is 22.1. The Hall–Kier alpha value is -3.92. The van der Waals surface area contributed by atoms with E-state index in [4.69, 9.17) is 9.47 Å². The van der Waals surface area contributed by atoms with Crippen LogP contribution < -0.4 is 49.6 Å². The van der Waals surface area contributed by atoms with Gasteiger partial charge in [0.2, 0.25) is 11.8 Å². The first-order valence-corrected chi connectivity index (χ1v) is 14.1. The Bertz CT molecular complexity index is 1550. The Balaban J connectivity index is 0.00000442. The van der Waals surface area contributed by atoms with Crippen LogP contribution in [-0.2, 0) is 28.7 Å². The number of β-lactam (4-membered cyclic amide) rings is 2. The fourth-order valence-electron chi connectivity index (χ4n) is 5.36. The number of ether oxygens (including phenoxy) is 2. The number of anilines is 1. The first-order valence-electron chi connectivity index (χ1n) is 13.0. The third-order valence-corrected chi connectivity index (χ3v) is 8.76. The second-order valence-electron chi connectivity index (χ2n) is 9.99. The maximum absolute atomic E-state index is 13.3. The molecule has 2 saturated heterocycles. The number of hydrogen-bond donors (Lipinski definition) is 1. The summed E-state index contributed by atoms with van der Waals surface area (Å²) in [4.78, 5) is 75.6. The molecule has 224 valence electrons. The number of nitrogens with one attached hydrogen (secondary N) is 1. The first kappa shape index (κ1) is 33.0. The molecule has 0 aromatic heterocycles. The first-order chi connectivity index (χ1) is 20.5. The minimum atomic E-state index is -1.60. The van der Waals surface area contributed by atoms with E-state index in [0.29, 0.717) is 17.0 Å². The number of nitrogens with zero attached hydrogens (tertiary/aromatic N) is 3. The van der Waals surface area contributed by atoms with Crippen LogP contribution in [-0.4, -0.2) is 70.4 Å². The Morgan fingerprint density at radius 2 is 1.70 bits per heavy atom. The number of hydrogen-bond acceptors (Lipinski definition) is 11. The molecule has 5 rings (SSSR count). The van der Waals surface area contributed by atoms with Crippen molar-refractivity contribution >= 4 is 52.8 Å². The third-order valence-electron chi connectivity index (χ3n) is 7.42. The predicted molar refractivity (Wildman–Crippen MR) is 148 cm³/mol. The van der Waals surface area contributed by atoms with Crippen molar-refractivity contribution in [2.75, 3.05) is 24.4 Å². The van der Waals surface area contributed by atoms with Gasteiger partial charge in [-0.25, -0.2) is 0 Å². The van der Waals surface area contributed by atoms with Crippen molar-refractivity contribution < 1.29 is 73.0 Å². The number of nitro groups is 1. The zero-order valence-corrected chi connectivity index (χ0v) is 26.7.